The van der Waals surface area contributed by atoms with Gasteiger partial charge in [-0.05, 0) is 13.8 Å². The van der Waals surface area contributed by atoms with E-state index >= 15 is 0 Å². The molecule has 0 aromatic carbocycles. The van der Waals surface area contributed by atoms with Crippen LogP contribution < -0.4 is 9.80 Å². The molecule has 4 heterocycles. The number of fused-ring (bicyclic) bond motifs is 1. The van der Waals surface area contributed by atoms with E-state index in [9.17, 15) is 4.39 Å². The molecule has 0 N–H and O–H groups in total. The second-order valence-electron chi connectivity index (χ2n) is 6.02. The van der Waals surface area contributed by atoms with Crippen molar-refractivity contribution >= 4 is 22.9 Å². The Bertz CT molecular complexity index is 742. The predicted octanol–water partition coefficient (Wildman–Crippen LogP) is 1.03. The van der Waals surface area contributed by atoms with Gasteiger partial charge in [0.1, 0.15) is 6.17 Å². The number of ether oxygens (including phenoxy) is 1. The highest BCUT2D eigenvalue weighted by molar-refractivity contribution is 5.85. The standard InChI is InChI=1S/C15H19FN6O/c1-9-10(2)18-13-12(17-9)14(22-7-11(16)8-22)20-15(19-13)21-3-5-23-6-4-21/h11H,3-8H2,1-2H3. The average Bonchev–Trinajstić information content (AvgIpc) is 2.53. The quantitative estimate of drug-likeness (QED) is 0.819. The zero-order chi connectivity index (χ0) is 16.0. The molecule has 0 saturated carbocycles. The van der Waals surface area contributed by atoms with Crippen LogP contribution in [0.1, 0.15) is 11.4 Å². The molecule has 2 aliphatic heterocycles. The molecular formula is C15H19FN6O. The number of anilines is 2. The molecular weight excluding hydrogens is 299 g/mol. The summed E-state index contributed by atoms with van der Waals surface area (Å²) in [7, 11) is 0. The SMILES string of the molecule is Cc1nc2nc(N3CCOCC3)nc(N3CC(F)C3)c2nc1C. The lowest BCUT2D eigenvalue weighted by molar-refractivity contribution is 0.122. The lowest BCUT2D eigenvalue weighted by Crippen LogP contribution is -2.49. The van der Waals surface area contributed by atoms with Crippen LogP contribution in [0.2, 0.25) is 0 Å². The molecule has 2 fully saturated rings. The van der Waals surface area contributed by atoms with Crippen molar-refractivity contribution in [2.75, 3.05) is 49.2 Å². The zero-order valence-electron chi connectivity index (χ0n) is 13.3. The van der Waals surface area contributed by atoms with E-state index in [0.717, 1.165) is 24.5 Å². The molecule has 0 unspecified atom stereocenters. The molecule has 0 atom stereocenters. The molecule has 0 radical (unpaired) electrons. The van der Waals surface area contributed by atoms with Crippen molar-refractivity contribution in [3.05, 3.63) is 11.4 Å². The summed E-state index contributed by atoms with van der Waals surface area (Å²) in [4.78, 5) is 22.4. The minimum absolute atomic E-state index is 0.350. The van der Waals surface area contributed by atoms with Gasteiger partial charge in [-0.3, -0.25) is 0 Å². The molecule has 0 amide bonds. The highest BCUT2D eigenvalue weighted by atomic mass is 19.1. The van der Waals surface area contributed by atoms with Crippen molar-refractivity contribution in [2.45, 2.75) is 20.0 Å². The fourth-order valence-corrected chi connectivity index (χ4v) is 2.81. The van der Waals surface area contributed by atoms with Gasteiger partial charge in [0.15, 0.2) is 17.0 Å². The summed E-state index contributed by atoms with van der Waals surface area (Å²) in [6.07, 6.45) is -0.800. The van der Waals surface area contributed by atoms with E-state index in [1.165, 1.54) is 0 Å². The van der Waals surface area contributed by atoms with E-state index in [1.807, 2.05) is 18.7 Å². The lowest BCUT2D eigenvalue weighted by Gasteiger charge is -2.36. The maximum Gasteiger partial charge on any atom is 0.229 e. The van der Waals surface area contributed by atoms with Crippen LogP contribution in [-0.4, -0.2) is 65.5 Å². The molecule has 2 aliphatic rings. The van der Waals surface area contributed by atoms with Crippen molar-refractivity contribution in [1.82, 2.24) is 19.9 Å². The van der Waals surface area contributed by atoms with Crippen LogP contribution >= 0.6 is 0 Å². The number of nitrogens with zero attached hydrogens (tertiary/aromatic N) is 6. The van der Waals surface area contributed by atoms with Crippen molar-refractivity contribution in [3.63, 3.8) is 0 Å². The van der Waals surface area contributed by atoms with Gasteiger partial charge in [0.25, 0.3) is 0 Å². The predicted molar refractivity (Wildman–Crippen MR) is 84.7 cm³/mol. The Labute approximate surface area is 133 Å². The summed E-state index contributed by atoms with van der Waals surface area (Å²) in [5.74, 6) is 1.30. The van der Waals surface area contributed by atoms with E-state index < -0.39 is 6.17 Å². The second kappa shape index (κ2) is 5.52. The van der Waals surface area contributed by atoms with Gasteiger partial charge in [0.05, 0.1) is 37.7 Å². The first-order valence-corrected chi connectivity index (χ1v) is 7.86. The number of aromatic nitrogens is 4. The number of rotatable bonds is 2. The summed E-state index contributed by atoms with van der Waals surface area (Å²) in [6, 6.07) is 0. The van der Waals surface area contributed by atoms with Crippen molar-refractivity contribution in [3.8, 4) is 0 Å². The molecule has 2 saturated heterocycles. The fourth-order valence-electron chi connectivity index (χ4n) is 2.81. The monoisotopic (exact) mass is 318 g/mol. The van der Waals surface area contributed by atoms with E-state index in [-0.39, 0.29) is 0 Å². The first-order valence-electron chi connectivity index (χ1n) is 7.86. The van der Waals surface area contributed by atoms with Gasteiger partial charge in [0, 0.05) is 13.1 Å². The third-order valence-electron chi connectivity index (χ3n) is 4.34. The summed E-state index contributed by atoms with van der Waals surface area (Å²) in [6.45, 7) is 7.34. The minimum atomic E-state index is -0.800. The van der Waals surface area contributed by atoms with Crippen LogP contribution in [0.5, 0.6) is 0 Å². The first kappa shape index (κ1) is 14.5. The van der Waals surface area contributed by atoms with Crippen LogP contribution in [0.15, 0.2) is 0 Å². The molecule has 7 nitrogen and oxygen atoms in total. The zero-order valence-corrected chi connectivity index (χ0v) is 13.3. The van der Waals surface area contributed by atoms with Crippen LogP contribution in [0.3, 0.4) is 0 Å². The lowest BCUT2D eigenvalue weighted by atomic mass is 10.2. The van der Waals surface area contributed by atoms with Crippen molar-refractivity contribution in [1.29, 1.82) is 0 Å². The van der Waals surface area contributed by atoms with Crippen molar-refractivity contribution < 1.29 is 9.13 Å². The summed E-state index contributed by atoms with van der Waals surface area (Å²) >= 11 is 0. The number of morpholine rings is 1. The number of halogens is 1. The third kappa shape index (κ3) is 2.56. The van der Waals surface area contributed by atoms with E-state index in [2.05, 4.69) is 24.8 Å². The van der Waals surface area contributed by atoms with E-state index in [4.69, 9.17) is 4.74 Å². The third-order valence-corrected chi connectivity index (χ3v) is 4.34. The van der Waals surface area contributed by atoms with Crippen LogP contribution in [0, 0.1) is 13.8 Å². The number of aryl methyl sites for hydroxylation is 2. The maximum atomic E-state index is 13.3. The Morgan fingerprint density at radius 2 is 1.65 bits per heavy atom. The second-order valence-corrected chi connectivity index (χ2v) is 6.02. The molecule has 122 valence electrons. The maximum absolute atomic E-state index is 13.3. The molecule has 23 heavy (non-hydrogen) atoms. The minimum Gasteiger partial charge on any atom is -0.378 e. The normalized spacial score (nSPS) is 19.3. The number of alkyl halides is 1. The van der Waals surface area contributed by atoms with E-state index in [1.54, 1.807) is 0 Å². The van der Waals surface area contributed by atoms with Crippen LogP contribution in [-0.2, 0) is 4.74 Å². The molecule has 2 aromatic rings. The van der Waals surface area contributed by atoms with E-state index in [0.29, 0.717) is 49.2 Å². The molecule has 2 aromatic heterocycles. The van der Waals surface area contributed by atoms with Gasteiger partial charge in [-0.1, -0.05) is 0 Å². The number of hydrogen-bond donors (Lipinski definition) is 0. The molecule has 0 spiro atoms. The highest BCUT2D eigenvalue weighted by Gasteiger charge is 2.31. The highest BCUT2D eigenvalue weighted by Crippen LogP contribution is 2.29. The topological polar surface area (TPSA) is 67.3 Å². The van der Waals surface area contributed by atoms with Gasteiger partial charge in [-0.15, -0.1) is 0 Å². The molecule has 4 rings (SSSR count). The molecule has 0 aliphatic carbocycles. The number of hydrogen-bond acceptors (Lipinski definition) is 7. The summed E-state index contributed by atoms with van der Waals surface area (Å²) in [5, 5.41) is 0. The average molecular weight is 318 g/mol. The Morgan fingerprint density at radius 3 is 2.35 bits per heavy atom. The summed E-state index contributed by atoms with van der Waals surface area (Å²) < 4.78 is 18.7. The molecule has 8 heteroatoms. The molecule has 0 bridgehead atoms. The van der Waals surface area contributed by atoms with Crippen LogP contribution in [0.25, 0.3) is 11.2 Å². The van der Waals surface area contributed by atoms with Gasteiger partial charge < -0.3 is 14.5 Å². The van der Waals surface area contributed by atoms with Crippen LogP contribution in [0.4, 0.5) is 16.2 Å². The fraction of sp³-hybridized carbons (Fsp3) is 0.600. The van der Waals surface area contributed by atoms with Gasteiger partial charge in [-0.25, -0.2) is 14.4 Å². The van der Waals surface area contributed by atoms with Gasteiger partial charge in [-0.2, -0.15) is 9.97 Å². The Morgan fingerprint density at radius 1 is 0.957 bits per heavy atom. The Kier molecular flexibility index (Phi) is 3.48. The smallest absolute Gasteiger partial charge is 0.229 e. The Balaban J connectivity index is 1.83. The van der Waals surface area contributed by atoms with Gasteiger partial charge in [0.2, 0.25) is 5.95 Å². The van der Waals surface area contributed by atoms with Crippen molar-refractivity contribution in [2.24, 2.45) is 0 Å². The largest absolute Gasteiger partial charge is 0.378 e. The summed E-state index contributed by atoms with van der Waals surface area (Å²) in [5.41, 5.74) is 2.92. The van der Waals surface area contributed by atoms with Gasteiger partial charge >= 0.3 is 0 Å². The Hall–Kier alpha value is -2.09. The first-order chi connectivity index (χ1) is 11.1.